The summed E-state index contributed by atoms with van der Waals surface area (Å²) in [6, 6.07) is 13.5. The Kier molecular flexibility index (Phi) is 5.54. The fourth-order valence-electron chi connectivity index (χ4n) is 3.54. The molecule has 2 aromatic rings. The van der Waals surface area contributed by atoms with Crippen LogP contribution in [0, 0.1) is 17.0 Å². The molecule has 0 N–H and O–H groups in total. The molecule has 1 fully saturated rings. The summed E-state index contributed by atoms with van der Waals surface area (Å²) in [6.07, 6.45) is 4.72. The van der Waals surface area contributed by atoms with Gasteiger partial charge in [-0.05, 0) is 43.0 Å². The number of benzene rings is 2. The Morgan fingerprint density at radius 1 is 1.30 bits per heavy atom. The molecule has 0 amide bonds. The summed E-state index contributed by atoms with van der Waals surface area (Å²) in [5.74, 6) is -0.499. The van der Waals surface area contributed by atoms with E-state index in [1.165, 1.54) is 36.5 Å². The number of nitrogens with zero attached hydrogens (tertiary/aromatic N) is 2. The number of methoxy groups -OCH3 is 1. The van der Waals surface area contributed by atoms with E-state index < -0.39 is 5.97 Å². The number of nitro benzene ring substituents is 1. The van der Waals surface area contributed by atoms with Crippen LogP contribution >= 0.6 is 0 Å². The second-order valence-electron chi connectivity index (χ2n) is 6.63. The second-order valence-corrected chi connectivity index (χ2v) is 6.63. The molecular weight excluding hydrogens is 344 g/mol. The van der Waals surface area contributed by atoms with E-state index in [-0.39, 0.29) is 16.7 Å². The largest absolute Gasteiger partial charge is 0.466 e. The minimum atomic E-state index is -0.499. The molecule has 1 atom stereocenters. The van der Waals surface area contributed by atoms with Crippen LogP contribution in [0.5, 0.6) is 0 Å². The normalized spacial score (nSPS) is 16.7. The van der Waals surface area contributed by atoms with Crippen LogP contribution in [0.15, 0.2) is 48.5 Å². The number of nitro groups is 1. The fraction of sp³-hybridized carbons (Fsp3) is 0.286. The molecule has 2 aromatic carbocycles. The summed E-state index contributed by atoms with van der Waals surface area (Å²) in [5.41, 5.74) is 3.59. The lowest BCUT2D eigenvalue weighted by Crippen LogP contribution is -2.23. The average molecular weight is 366 g/mol. The van der Waals surface area contributed by atoms with Crippen molar-refractivity contribution in [3.05, 3.63) is 75.3 Å². The first-order chi connectivity index (χ1) is 13.0. The van der Waals surface area contributed by atoms with Gasteiger partial charge in [0.25, 0.3) is 5.69 Å². The molecule has 0 aromatic heterocycles. The van der Waals surface area contributed by atoms with E-state index in [4.69, 9.17) is 0 Å². The van der Waals surface area contributed by atoms with Crippen molar-refractivity contribution in [2.75, 3.05) is 18.6 Å². The van der Waals surface area contributed by atoms with Crippen LogP contribution in [0.3, 0.4) is 0 Å². The van der Waals surface area contributed by atoms with E-state index in [0.717, 1.165) is 19.4 Å². The minimum absolute atomic E-state index is 0.0431. The lowest BCUT2D eigenvalue weighted by Gasteiger charge is -2.27. The first-order valence-electron chi connectivity index (χ1n) is 8.87. The van der Waals surface area contributed by atoms with Crippen molar-refractivity contribution >= 4 is 23.4 Å². The Bertz CT molecular complexity index is 892. The summed E-state index contributed by atoms with van der Waals surface area (Å²) in [5, 5.41) is 11.7. The van der Waals surface area contributed by atoms with Crippen LogP contribution in [-0.4, -0.2) is 24.5 Å². The van der Waals surface area contributed by atoms with Gasteiger partial charge in [-0.25, -0.2) is 4.79 Å². The standard InChI is InChI=1S/C21H22N2O4/c1-15-5-3-6-17(13-15)18-7-4-12-22(18)19-10-8-16(9-11-21(24)27-2)14-20(19)23(25)26/h3,5-6,8-11,13-14,18H,4,7,12H2,1-2H3/b11-9+. The highest BCUT2D eigenvalue weighted by Gasteiger charge is 2.30. The number of aryl methyl sites for hydroxylation is 1. The Morgan fingerprint density at radius 2 is 2.11 bits per heavy atom. The summed E-state index contributed by atoms with van der Waals surface area (Å²) in [7, 11) is 1.29. The molecule has 1 unspecified atom stereocenters. The highest BCUT2D eigenvalue weighted by Crippen LogP contribution is 2.41. The number of hydrogen-bond acceptors (Lipinski definition) is 5. The zero-order chi connectivity index (χ0) is 19.4. The molecular formula is C21H22N2O4. The SMILES string of the molecule is COC(=O)/C=C/c1ccc(N2CCCC2c2cccc(C)c2)c([N+](=O)[O-])c1. The van der Waals surface area contributed by atoms with Gasteiger partial charge in [0.05, 0.1) is 18.1 Å². The number of carbonyl (C=O) groups excluding carboxylic acids is 1. The molecule has 140 valence electrons. The number of rotatable bonds is 5. The van der Waals surface area contributed by atoms with Crippen LogP contribution in [0.2, 0.25) is 0 Å². The highest BCUT2D eigenvalue weighted by molar-refractivity contribution is 5.87. The zero-order valence-corrected chi connectivity index (χ0v) is 15.4. The van der Waals surface area contributed by atoms with Crippen molar-refractivity contribution in [3.63, 3.8) is 0 Å². The van der Waals surface area contributed by atoms with Crippen LogP contribution in [0.1, 0.15) is 35.6 Å². The van der Waals surface area contributed by atoms with E-state index in [1.807, 2.05) is 19.1 Å². The molecule has 1 saturated heterocycles. The van der Waals surface area contributed by atoms with Gasteiger partial charge in [0, 0.05) is 18.7 Å². The van der Waals surface area contributed by atoms with Crippen LogP contribution in [0.25, 0.3) is 6.08 Å². The third kappa shape index (κ3) is 4.16. The van der Waals surface area contributed by atoms with E-state index in [2.05, 4.69) is 21.8 Å². The Morgan fingerprint density at radius 3 is 2.81 bits per heavy atom. The first-order valence-corrected chi connectivity index (χ1v) is 8.87. The predicted molar refractivity (Wildman–Crippen MR) is 105 cm³/mol. The molecule has 0 radical (unpaired) electrons. The first kappa shape index (κ1) is 18.6. The second kappa shape index (κ2) is 8.03. The maximum atomic E-state index is 11.7. The van der Waals surface area contributed by atoms with Gasteiger partial charge in [-0.2, -0.15) is 0 Å². The number of hydrogen-bond donors (Lipinski definition) is 0. The number of carbonyl (C=O) groups is 1. The maximum absolute atomic E-state index is 11.7. The van der Waals surface area contributed by atoms with E-state index in [0.29, 0.717) is 11.3 Å². The van der Waals surface area contributed by atoms with Crippen molar-refractivity contribution in [3.8, 4) is 0 Å². The Balaban J connectivity index is 1.96. The fourth-order valence-corrected chi connectivity index (χ4v) is 3.54. The van der Waals surface area contributed by atoms with E-state index >= 15 is 0 Å². The van der Waals surface area contributed by atoms with Crippen molar-refractivity contribution in [2.45, 2.75) is 25.8 Å². The van der Waals surface area contributed by atoms with Gasteiger partial charge in [0.15, 0.2) is 0 Å². The molecule has 1 heterocycles. The van der Waals surface area contributed by atoms with Gasteiger partial charge in [-0.3, -0.25) is 10.1 Å². The highest BCUT2D eigenvalue weighted by atomic mass is 16.6. The molecule has 27 heavy (non-hydrogen) atoms. The molecule has 6 nitrogen and oxygen atoms in total. The van der Waals surface area contributed by atoms with Crippen molar-refractivity contribution in [2.24, 2.45) is 0 Å². The maximum Gasteiger partial charge on any atom is 0.330 e. The molecule has 0 aliphatic carbocycles. The van der Waals surface area contributed by atoms with E-state index in [9.17, 15) is 14.9 Å². The molecule has 3 rings (SSSR count). The summed E-state index contributed by atoms with van der Waals surface area (Å²) < 4.78 is 4.56. The van der Waals surface area contributed by atoms with Crippen LogP contribution in [-0.2, 0) is 9.53 Å². The molecule has 1 aliphatic heterocycles. The van der Waals surface area contributed by atoms with Crippen LogP contribution < -0.4 is 4.90 Å². The summed E-state index contributed by atoms with van der Waals surface area (Å²) >= 11 is 0. The van der Waals surface area contributed by atoms with Crippen molar-refractivity contribution in [1.29, 1.82) is 0 Å². The zero-order valence-electron chi connectivity index (χ0n) is 15.4. The minimum Gasteiger partial charge on any atom is -0.466 e. The molecule has 1 aliphatic rings. The van der Waals surface area contributed by atoms with Gasteiger partial charge in [0.1, 0.15) is 5.69 Å². The number of anilines is 1. The summed E-state index contributed by atoms with van der Waals surface area (Å²) in [4.78, 5) is 24.7. The van der Waals surface area contributed by atoms with E-state index in [1.54, 1.807) is 12.1 Å². The lowest BCUT2D eigenvalue weighted by atomic mass is 10.0. The third-order valence-electron chi connectivity index (χ3n) is 4.80. The van der Waals surface area contributed by atoms with Crippen LogP contribution in [0.4, 0.5) is 11.4 Å². The van der Waals surface area contributed by atoms with Crippen molar-refractivity contribution in [1.82, 2.24) is 0 Å². The molecule has 0 spiro atoms. The van der Waals surface area contributed by atoms with Gasteiger partial charge in [-0.1, -0.05) is 35.9 Å². The van der Waals surface area contributed by atoms with Gasteiger partial charge >= 0.3 is 5.97 Å². The smallest absolute Gasteiger partial charge is 0.330 e. The molecule has 0 bridgehead atoms. The monoisotopic (exact) mass is 366 g/mol. The third-order valence-corrected chi connectivity index (χ3v) is 4.80. The quantitative estimate of drug-likeness (QED) is 0.339. The van der Waals surface area contributed by atoms with Gasteiger partial charge < -0.3 is 9.64 Å². The molecule has 0 saturated carbocycles. The van der Waals surface area contributed by atoms with Gasteiger partial charge in [0.2, 0.25) is 0 Å². The number of ether oxygens (including phenoxy) is 1. The Labute approximate surface area is 158 Å². The summed E-state index contributed by atoms with van der Waals surface area (Å²) in [6.45, 7) is 2.82. The topological polar surface area (TPSA) is 72.7 Å². The molecule has 6 heteroatoms. The lowest BCUT2D eigenvalue weighted by molar-refractivity contribution is -0.384. The average Bonchev–Trinajstić information content (AvgIpc) is 3.15. The Hall–Kier alpha value is -3.15. The predicted octanol–water partition coefficient (Wildman–Crippen LogP) is 4.43. The van der Waals surface area contributed by atoms with Gasteiger partial charge in [-0.15, -0.1) is 0 Å². The number of esters is 1. The van der Waals surface area contributed by atoms with Crippen molar-refractivity contribution < 1.29 is 14.5 Å².